The van der Waals surface area contributed by atoms with Crippen LogP contribution in [0.1, 0.15) is 33.1 Å². The maximum Gasteiger partial charge on any atom is 0.323 e. The Morgan fingerprint density at radius 2 is 2.22 bits per heavy atom. The number of rotatable bonds is 5. The highest BCUT2D eigenvalue weighted by molar-refractivity contribution is 5.86. The van der Waals surface area contributed by atoms with Gasteiger partial charge in [-0.05, 0) is 19.8 Å². The first-order valence-electron chi connectivity index (χ1n) is 6.24. The summed E-state index contributed by atoms with van der Waals surface area (Å²) in [5.41, 5.74) is 0. The largest absolute Gasteiger partial charge is 0.480 e. The number of hydrogen-bond acceptors (Lipinski definition) is 3. The van der Waals surface area contributed by atoms with Crippen LogP contribution >= 0.6 is 0 Å². The highest BCUT2D eigenvalue weighted by Crippen LogP contribution is 2.16. The lowest BCUT2D eigenvalue weighted by molar-refractivity contribution is -0.149. The Balaban J connectivity index is 2.69. The molecule has 0 radical (unpaired) electrons. The van der Waals surface area contributed by atoms with Gasteiger partial charge in [-0.15, -0.1) is 0 Å². The average molecular weight is 256 g/mol. The summed E-state index contributed by atoms with van der Waals surface area (Å²) in [5, 5.41) is 11.5. The Kier molecular flexibility index (Phi) is 5.12. The fourth-order valence-electron chi connectivity index (χ4n) is 2.00. The van der Waals surface area contributed by atoms with Gasteiger partial charge in [-0.1, -0.05) is 6.92 Å². The fourth-order valence-corrected chi connectivity index (χ4v) is 2.00. The van der Waals surface area contributed by atoms with Crippen molar-refractivity contribution in [2.75, 3.05) is 13.1 Å². The van der Waals surface area contributed by atoms with Crippen LogP contribution < -0.4 is 5.32 Å². The molecule has 0 aliphatic carbocycles. The summed E-state index contributed by atoms with van der Waals surface area (Å²) in [7, 11) is 0. The molecule has 6 nitrogen and oxygen atoms in total. The van der Waals surface area contributed by atoms with Gasteiger partial charge in [-0.2, -0.15) is 0 Å². The van der Waals surface area contributed by atoms with Gasteiger partial charge in [-0.3, -0.25) is 14.4 Å². The maximum atomic E-state index is 12.3. The zero-order chi connectivity index (χ0) is 13.7. The number of carbonyl (C=O) groups is 3. The van der Waals surface area contributed by atoms with Crippen molar-refractivity contribution in [1.82, 2.24) is 10.2 Å². The van der Waals surface area contributed by atoms with Crippen molar-refractivity contribution >= 4 is 17.8 Å². The standard InChI is InChI=1S/C12H20N2O4/c1-3-8(2)14(7-11(16)17)12(18)9-4-5-10(15)13-6-9/h8-9H,3-7H2,1-2H3,(H,13,15)(H,16,17). The van der Waals surface area contributed by atoms with Gasteiger partial charge in [0, 0.05) is 19.0 Å². The smallest absolute Gasteiger partial charge is 0.323 e. The Labute approximate surface area is 106 Å². The van der Waals surface area contributed by atoms with E-state index in [0.29, 0.717) is 25.8 Å². The molecule has 102 valence electrons. The van der Waals surface area contributed by atoms with Crippen molar-refractivity contribution in [3.05, 3.63) is 0 Å². The first kappa shape index (κ1) is 14.5. The molecule has 0 aromatic carbocycles. The molecule has 1 aliphatic rings. The van der Waals surface area contributed by atoms with Crippen LogP contribution in [0.5, 0.6) is 0 Å². The molecule has 0 aromatic heterocycles. The number of hydrogen-bond donors (Lipinski definition) is 2. The number of nitrogens with one attached hydrogen (secondary N) is 1. The van der Waals surface area contributed by atoms with Crippen LogP contribution in [0.2, 0.25) is 0 Å². The molecule has 2 unspecified atom stereocenters. The molecule has 2 amide bonds. The van der Waals surface area contributed by atoms with Crippen molar-refractivity contribution < 1.29 is 19.5 Å². The molecular weight excluding hydrogens is 236 g/mol. The van der Waals surface area contributed by atoms with Crippen LogP contribution in [0.15, 0.2) is 0 Å². The first-order chi connectivity index (χ1) is 8.45. The fraction of sp³-hybridized carbons (Fsp3) is 0.750. The van der Waals surface area contributed by atoms with Crippen LogP contribution in [-0.4, -0.2) is 46.9 Å². The predicted octanol–water partition coefficient (Wildman–Crippen LogP) is 0.224. The van der Waals surface area contributed by atoms with Crippen LogP contribution in [-0.2, 0) is 14.4 Å². The van der Waals surface area contributed by atoms with E-state index in [1.807, 2.05) is 13.8 Å². The van der Waals surface area contributed by atoms with E-state index < -0.39 is 5.97 Å². The minimum Gasteiger partial charge on any atom is -0.480 e. The number of amides is 2. The Morgan fingerprint density at radius 1 is 1.56 bits per heavy atom. The summed E-state index contributed by atoms with van der Waals surface area (Å²) in [6.07, 6.45) is 1.53. The van der Waals surface area contributed by atoms with Crippen molar-refractivity contribution in [3.8, 4) is 0 Å². The van der Waals surface area contributed by atoms with Crippen molar-refractivity contribution in [3.63, 3.8) is 0 Å². The summed E-state index contributed by atoms with van der Waals surface area (Å²) in [4.78, 5) is 35.5. The van der Waals surface area contributed by atoms with Gasteiger partial charge >= 0.3 is 5.97 Å². The maximum absolute atomic E-state index is 12.3. The summed E-state index contributed by atoms with van der Waals surface area (Å²) in [5.74, 6) is -1.53. The van der Waals surface area contributed by atoms with Gasteiger partial charge in [0.05, 0.1) is 5.92 Å². The normalized spacial score (nSPS) is 21.0. The predicted molar refractivity (Wildman–Crippen MR) is 64.8 cm³/mol. The van der Waals surface area contributed by atoms with E-state index in [-0.39, 0.29) is 30.3 Å². The van der Waals surface area contributed by atoms with Crippen molar-refractivity contribution in [2.24, 2.45) is 5.92 Å². The molecule has 1 aliphatic heterocycles. The number of piperidine rings is 1. The van der Waals surface area contributed by atoms with Crippen molar-refractivity contribution in [2.45, 2.75) is 39.2 Å². The minimum atomic E-state index is -1.01. The van der Waals surface area contributed by atoms with Crippen LogP contribution in [0.25, 0.3) is 0 Å². The molecule has 1 fully saturated rings. The third-order valence-corrected chi connectivity index (χ3v) is 3.33. The second-order valence-electron chi connectivity index (χ2n) is 4.66. The van der Waals surface area contributed by atoms with E-state index in [0.717, 1.165) is 0 Å². The van der Waals surface area contributed by atoms with E-state index in [1.165, 1.54) is 4.90 Å². The van der Waals surface area contributed by atoms with Crippen LogP contribution in [0.4, 0.5) is 0 Å². The van der Waals surface area contributed by atoms with E-state index in [2.05, 4.69) is 5.32 Å². The second-order valence-corrected chi connectivity index (χ2v) is 4.66. The Bertz CT molecular complexity index is 333. The third-order valence-electron chi connectivity index (χ3n) is 3.33. The lowest BCUT2D eigenvalue weighted by Gasteiger charge is -2.32. The van der Waals surface area contributed by atoms with Gasteiger partial charge in [0.1, 0.15) is 6.54 Å². The quantitative estimate of drug-likeness (QED) is 0.737. The Morgan fingerprint density at radius 3 is 2.67 bits per heavy atom. The monoisotopic (exact) mass is 256 g/mol. The molecule has 1 rings (SSSR count). The first-order valence-corrected chi connectivity index (χ1v) is 6.24. The highest BCUT2D eigenvalue weighted by Gasteiger charge is 2.31. The zero-order valence-corrected chi connectivity index (χ0v) is 10.8. The molecule has 6 heteroatoms. The van der Waals surface area contributed by atoms with E-state index in [1.54, 1.807) is 0 Å². The molecule has 18 heavy (non-hydrogen) atoms. The number of nitrogens with zero attached hydrogens (tertiary/aromatic N) is 1. The van der Waals surface area contributed by atoms with Crippen LogP contribution in [0, 0.1) is 5.92 Å². The average Bonchev–Trinajstić information content (AvgIpc) is 2.35. The summed E-state index contributed by atoms with van der Waals surface area (Å²) < 4.78 is 0. The lowest BCUT2D eigenvalue weighted by atomic mass is 9.96. The molecule has 1 heterocycles. The molecule has 0 bridgehead atoms. The van der Waals surface area contributed by atoms with E-state index in [4.69, 9.17) is 5.11 Å². The van der Waals surface area contributed by atoms with Gasteiger partial charge in [0.2, 0.25) is 11.8 Å². The molecule has 0 saturated carbocycles. The van der Waals surface area contributed by atoms with Gasteiger partial charge in [0.15, 0.2) is 0 Å². The second kappa shape index (κ2) is 6.37. The number of carbonyl (C=O) groups excluding carboxylic acids is 2. The van der Waals surface area contributed by atoms with Gasteiger partial charge in [0.25, 0.3) is 0 Å². The van der Waals surface area contributed by atoms with Crippen LogP contribution in [0.3, 0.4) is 0 Å². The zero-order valence-electron chi connectivity index (χ0n) is 10.8. The minimum absolute atomic E-state index is 0.0487. The molecule has 0 spiro atoms. The molecule has 2 atom stereocenters. The molecule has 1 saturated heterocycles. The third kappa shape index (κ3) is 3.72. The number of carboxylic acid groups (broad SMARTS) is 1. The summed E-state index contributed by atoms with van der Waals surface area (Å²) in [6, 6.07) is -0.105. The topological polar surface area (TPSA) is 86.7 Å². The van der Waals surface area contributed by atoms with Gasteiger partial charge < -0.3 is 15.3 Å². The van der Waals surface area contributed by atoms with Gasteiger partial charge in [-0.25, -0.2) is 0 Å². The summed E-state index contributed by atoms with van der Waals surface area (Å²) in [6.45, 7) is 3.78. The van der Waals surface area contributed by atoms with Crippen molar-refractivity contribution in [1.29, 1.82) is 0 Å². The summed E-state index contributed by atoms with van der Waals surface area (Å²) >= 11 is 0. The molecular formula is C12H20N2O4. The molecule has 2 N–H and O–H groups in total. The highest BCUT2D eigenvalue weighted by atomic mass is 16.4. The number of aliphatic carboxylic acids is 1. The SMILES string of the molecule is CCC(C)N(CC(=O)O)C(=O)C1CCC(=O)NC1. The lowest BCUT2D eigenvalue weighted by Crippen LogP contribution is -2.49. The number of carboxylic acids is 1. The molecule has 0 aromatic rings. The van der Waals surface area contributed by atoms with E-state index >= 15 is 0 Å². The van der Waals surface area contributed by atoms with E-state index in [9.17, 15) is 14.4 Å². The Hall–Kier alpha value is -1.59.